The average Bonchev–Trinajstić information content (AvgIpc) is 2.38. The molecule has 0 aliphatic rings. The lowest BCUT2D eigenvalue weighted by Gasteiger charge is -2.17. The molecule has 1 atom stereocenters. The van der Waals surface area contributed by atoms with Crippen molar-refractivity contribution in [3.8, 4) is 0 Å². The number of nitrogens with one attached hydrogen (secondary N) is 3. The second-order valence-electron chi connectivity index (χ2n) is 3.98. The van der Waals surface area contributed by atoms with E-state index in [-0.39, 0.29) is 12.5 Å². The third kappa shape index (κ3) is 8.69. The summed E-state index contributed by atoms with van der Waals surface area (Å²) in [5, 5.41) is 14.9. The molecule has 0 radical (unpaired) electrons. The summed E-state index contributed by atoms with van der Waals surface area (Å²) >= 11 is 0. The summed E-state index contributed by atoms with van der Waals surface area (Å²) in [7, 11) is 0. The summed E-state index contributed by atoms with van der Waals surface area (Å²) in [6.07, 6.45) is 0.795. The van der Waals surface area contributed by atoms with E-state index in [1.807, 2.05) is 0 Å². The molecule has 0 bridgehead atoms. The minimum Gasteiger partial charge on any atom is -0.548 e. The van der Waals surface area contributed by atoms with Crippen LogP contribution in [-0.4, -0.2) is 49.4 Å². The lowest BCUT2D eigenvalue weighted by Crippen LogP contribution is -2.78. The van der Waals surface area contributed by atoms with Gasteiger partial charge in [0.1, 0.15) is 6.04 Å². The fourth-order valence-corrected chi connectivity index (χ4v) is 1.36. The fraction of sp³-hybridized carbons (Fsp3) is 0.600. The first-order chi connectivity index (χ1) is 9.36. The van der Waals surface area contributed by atoms with Crippen LogP contribution in [0.3, 0.4) is 0 Å². The monoisotopic (exact) mass is 289 g/mol. The topological polar surface area (TPSA) is 192 Å². The molecule has 0 aliphatic carbocycles. The van der Waals surface area contributed by atoms with Crippen LogP contribution < -0.4 is 37.9 Å². The van der Waals surface area contributed by atoms with Crippen molar-refractivity contribution in [1.82, 2.24) is 10.6 Å². The number of hydrogen-bond acceptors (Lipinski definition) is 4. The summed E-state index contributed by atoms with van der Waals surface area (Å²) in [5.41, 5.74) is 13.8. The molecule has 10 nitrogen and oxygen atoms in total. The molecule has 0 heterocycles. The molecule has 0 saturated heterocycles. The van der Waals surface area contributed by atoms with Crippen LogP contribution in [0.2, 0.25) is 0 Å². The van der Waals surface area contributed by atoms with E-state index in [9.17, 15) is 19.5 Å². The standard InChI is InChI=1S/C10H20N6O4/c11-4-7(17)16-6(2-1-3-14-10(12)13)9(20)15-5-8(18)19/h6H,1-5,11H2,(H,15,20)(H,16,17)(H,18,19)(H4,12,13,14)/p+1/t6-/m0/s1. The SMILES string of the molecule is NC(N)=[NH+]CCC[C@H](NC(=O)C[NH3+])C(=O)NCC(=O)[O-]. The summed E-state index contributed by atoms with van der Waals surface area (Å²) in [6, 6.07) is -0.843. The van der Waals surface area contributed by atoms with Gasteiger partial charge in [-0.1, -0.05) is 0 Å². The van der Waals surface area contributed by atoms with Crippen molar-refractivity contribution in [2.75, 3.05) is 19.6 Å². The van der Waals surface area contributed by atoms with Gasteiger partial charge >= 0.3 is 5.96 Å². The number of amides is 2. The zero-order valence-corrected chi connectivity index (χ0v) is 11.1. The summed E-state index contributed by atoms with van der Waals surface area (Å²) in [6.45, 7) is -0.212. The van der Waals surface area contributed by atoms with Gasteiger partial charge in [-0.2, -0.15) is 0 Å². The van der Waals surface area contributed by atoms with Crippen LogP contribution >= 0.6 is 0 Å². The maximum atomic E-state index is 11.7. The third-order valence-corrected chi connectivity index (χ3v) is 2.28. The smallest absolute Gasteiger partial charge is 0.338 e. The molecule has 2 amide bonds. The molecule has 0 unspecified atom stereocenters. The Morgan fingerprint density at radius 2 is 1.95 bits per heavy atom. The highest BCUT2D eigenvalue weighted by molar-refractivity contribution is 5.89. The van der Waals surface area contributed by atoms with Crippen LogP contribution in [0, 0.1) is 0 Å². The Labute approximate surface area is 115 Å². The molecule has 0 rings (SSSR count). The van der Waals surface area contributed by atoms with Crippen molar-refractivity contribution in [3.63, 3.8) is 0 Å². The highest BCUT2D eigenvalue weighted by Crippen LogP contribution is 1.96. The van der Waals surface area contributed by atoms with Gasteiger partial charge in [-0.25, -0.2) is 0 Å². The number of guanidine groups is 1. The molecule has 0 spiro atoms. The van der Waals surface area contributed by atoms with Gasteiger partial charge in [0.25, 0.3) is 5.91 Å². The van der Waals surface area contributed by atoms with Gasteiger partial charge in [0.2, 0.25) is 5.91 Å². The first kappa shape index (κ1) is 17.6. The predicted molar refractivity (Wildman–Crippen MR) is 66.1 cm³/mol. The Morgan fingerprint density at radius 3 is 2.45 bits per heavy atom. The number of nitrogens with two attached hydrogens (primary N) is 2. The molecule has 0 aromatic rings. The zero-order chi connectivity index (χ0) is 15.5. The van der Waals surface area contributed by atoms with Crippen LogP contribution in [0.25, 0.3) is 0 Å². The number of aliphatic carboxylic acids is 1. The highest BCUT2D eigenvalue weighted by atomic mass is 16.4. The van der Waals surface area contributed by atoms with E-state index in [1.165, 1.54) is 0 Å². The predicted octanol–water partition coefficient (Wildman–Crippen LogP) is -7.29. The minimum atomic E-state index is -1.41. The largest absolute Gasteiger partial charge is 0.548 e. The van der Waals surface area contributed by atoms with E-state index in [1.54, 1.807) is 0 Å². The molecule has 20 heavy (non-hydrogen) atoms. The second-order valence-corrected chi connectivity index (χ2v) is 3.98. The van der Waals surface area contributed by atoms with Crippen molar-refractivity contribution >= 4 is 23.7 Å². The number of carbonyl (C=O) groups is 3. The van der Waals surface area contributed by atoms with Gasteiger partial charge in [-0.05, 0) is 12.8 Å². The minimum absolute atomic E-state index is 0.0218. The summed E-state index contributed by atoms with van der Waals surface area (Å²) in [4.78, 5) is 35.9. The molecule has 0 aromatic carbocycles. The van der Waals surface area contributed by atoms with Gasteiger partial charge in [-0.3, -0.25) is 26.0 Å². The van der Waals surface area contributed by atoms with E-state index >= 15 is 0 Å². The zero-order valence-electron chi connectivity index (χ0n) is 11.1. The Bertz CT molecular complexity index is 380. The molecule has 0 aromatic heterocycles. The Morgan fingerprint density at radius 1 is 1.30 bits per heavy atom. The quantitative estimate of drug-likeness (QED) is 0.139. The number of carbonyl (C=O) groups excluding carboxylic acids is 3. The van der Waals surface area contributed by atoms with E-state index in [4.69, 9.17) is 11.5 Å². The number of carboxylic acids is 1. The number of quaternary nitrogens is 1. The Hall–Kier alpha value is -2.36. The van der Waals surface area contributed by atoms with Crippen LogP contribution in [-0.2, 0) is 14.4 Å². The first-order valence-corrected chi connectivity index (χ1v) is 6.04. The fourth-order valence-electron chi connectivity index (χ4n) is 1.36. The van der Waals surface area contributed by atoms with Gasteiger partial charge in [0.05, 0.1) is 19.1 Å². The maximum Gasteiger partial charge on any atom is 0.338 e. The van der Waals surface area contributed by atoms with Crippen molar-refractivity contribution in [3.05, 3.63) is 0 Å². The lowest BCUT2D eigenvalue weighted by molar-refractivity contribution is -0.459. The summed E-state index contributed by atoms with van der Waals surface area (Å²) < 4.78 is 0. The highest BCUT2D eigenvalue weighted by Gasteiger charge is 2.20. The maximum absolute atomic E-state index is 11.7. The molecule has 114 valence electrons. The van der Waals surface area contributed by atoms with Crippen LogP contribution in [0.4, 0.5) is 0 Å². The number of carboxylic acid groups (broad SMARTS) is 1. The molecule has 0 aliphatic heterocycles. The normalized spacial score (nSPS) is 11.2. The number of rotatable bonds is 9. The van der Waals surface area contributed by atoms with Crippen molar-refractivity contribution in [2.45, 2.75) is 18.9 Å². The Kier molecular flexibility index (Phi) is 8.43. The van der Waals surface area contributed by atoms with Gasteiger partial charge < -0.3 is 26.3 Å². The molecule has 10 heteroatoms. The van der Waals surface area contributed by atoms with Crippen LogP contribution in [0.15, 0.2) is 0 Å². The van der Waals surface area contributed by atoms with E-state index in [0.29, 0.717) is 19.4 Å². The van der Waals surface area contributed by atoms with Gasteiger partial charge in [0.15, 0.2) is 6.54 Å². The number of hydrogen-bond donors (Lipinski definition) is 6. The van der Waals surface area contributed by atoms with E-state index < -0.39 is 30.4 Å². The lowest BCUT2D eigenvalue weighted by atomic mass is 10.1. The van der Waals surface area contributed by atoms with Gasteiger partial charge in [0, 0.05) is 0 Å². The van der Waals surface area contributed by atoms with Gasteiger partial charge in [-0.15, -0.1) is 0 Å². The molecule has 0 saturated carbocycles. The molecular formula is C10H21N6O4+. The third-order valence-electron chi connectivity index (χ3n) is 2.28. The van der Waals surface area contributed by atoms with E-state index in [2.05, 4.69) is 21.4 Å². The summed E-state index contributed by atoms with van der Waals surface area (Å²) in [5.74, 6) is -2.35. The first-order valence-electron chi connectivity index (χ1n) is 6.04. The molecule has 0 fully saturated rings. The van der Waals surface area contributed by atoms with Crippen molar-refractivity contribution < 1.29 is 30.2 Å². The van der Waals surface area contributed by atoms with E-state index in [0.717, 1.165) is 0 Å². The molecule has 10 N–H and O–H groups in total. The average molecular weight is 289 g/mol. The Balaban J connectivity index is 4.39. The van der Waals surface area contributed by atoms with Crippen molar-refractivity contribution in [2.24, 2.45) is 11.5 Å². The second kappa shape index (κ2) is 9.55. The van der Waals surface area contributed by atoms with Crippen LogP contribution in [0.1, 0.15) is 12.8 Å². The van der Waals surface area contributed by atoms with Crippen molar-refractivity contribution in [1.29, 1.82) is 0 Å². The molecular weight excluding hydrogens is 268 g/mol. The van der Waals surface area contributed by atoms with Crippen LogP contribution in [0.5, 0.6) is 0 Å².